The van der Waals surface area contributed by atoms with Crippen molar-refractivity contribution in [2.75, 3.05) is 21.3 Å². The van der Waals surface area contributed by atoms with Crippen molar-refractivity contribution in [3.8, 4) is 5.75 Å². The van der Waals surface area contributed by atoms with E-state index >= 15 is 0 Å². The van der Waals surface area contributed by atoms with Crippen LogP contribution in [-0.2, 0) is 9.47 Å². The van der Waals surface area contributed by atoms with Gasteiger partial charge in [-0.1, -0.05) is 12.1 Å². The van der Waals surface area contributed by atoms with E-state index in [-0.39, 0.29) is 0 Å². The van der Waals surface area contributed by atoms with Gasteiger partial charge in [-0.15, -0.1) is 0 Å². The molecule has 1 unspecified atom stereocenters. The maximum absolute atomic E-state index is 9.89. The number of benzene rings is 1. The van der Waals surface area contributed by atoms with Gasteiger partial charge in [0.15, 0.2) is 6.29 Å². The average molecular weight is 212 g/mol. The molecular formula is C11H16O4. The summed E-state index contributed by atoms with van der Waals surface area (Å²) in [5.41, 5.74) is 0.697. The van der Waals surface area contributed by atoms with Crippen molar-refractivity contribution < 1.29 is 19.3 Å². The number of methoxy groups -OCH3 is 3. The topological polar surface area (TPSA) is 47.9 Å². The molecule has 1 aromatic rings. The first-order valence-corrected chi connectivity index (χ1v) is 4.60. The Morgan fingerprint density at radius 2 is 1.80 bits per heavy atom. The van der Waals surface area contributed by atoms with Gasteiger partial charge in [0.05, 0.1) is 7.11 Å². The molecule has 0 radical (unpaired) electrons. The first-order valence-electron chi connectivity index (χ1n) is 4.60. The molecule has 1 atom stereocenters. The molecule has 0 saturated carbocycles. The minimum Gasteiger partial charge on any atom is -0.497 e. The molecule has 0 aliphatic heterocycles. The predicted octanol–water partition coefficient (Wildman–Crippen LogP) is 1.35. The lowest BCUT2D eigenvalue weighted by Gasteiger charge is -2.20. The van der Waals surface area contributed by atoms with Gasteiger partial charge in [0.25, 0.3) is 0 Å². The molecule has 0 aromatic heterocycles. The SMILES string of the molecule is COc1cccc(C(O)C(OC)OC)c1. The molecule has 4 nitrogen and oxygen atoms in total. The summed E-state index contributed by atoms with van der Waals surface area (Å²) in [7, 11) is 4.55. The quantitative estimate of drug-likeness (QED) is 0.748. The second-order valence-corrected chi connectivity index (χ2v) is 3.06. The van der Waals surface area contributed by atoms with Crippen molar-refractivity contribution in [2.24, 2.45) is 0 Å². The maximum atomic E-state index is 9.89. The van der Waals surface area contributed by atoms with Crippen LogP contribution in [0.4, 0.5) is 0 Å². The van der Waals surface area contributed by atoms with E-state index in [0.29, 0.717) is 11.3 Å². The Hall–Kier alpha value is -1.10. The van der Waals surface area contributed by atoms with Crippen LogP contribution in [0.3, 0.4) is 0 Å². The third kappa shape index (κ3) is 2.92. The van der Waals surface area contributed by atoms with Gasteiger partial charge in [-0.25, -0.2) is 0 Å². The number of hydrogen-bond donors (Lipinski definition) is 1. The summed E-state index contributed by atoms with van der Waals surface area (Å²) >= 11 is 0. The Morgan fingerprint density at radius 1 is 1.13 bits per heavy atom. The van der Waals surface area contributed by atoms with E-state index in [0.717, 1.165) is 0 Å². The third-order valence-corrected chi connectivity index (χ3v) is 2.16. The van der Waals surface area contributed by atoms with Crippen molar-refractivity contribution >= 4 is 0 Å². The van der Waals surface area contributed by atoms with Crippen molar-refractivity contribution in [2.45, 2.75) is 12.4 Å². The zero-order valence-electron chi connectivity index (χ0n) is 9.14. The number of hydrogen-bond acceptors (Lipinski definition) is 4. The second-order valence-electron chi connectivity index (χ2n) is 3.06. The summed E-state index contributed by atoms with van der Waals surface area (Å²) in [5, 5.41) is 9.89. The normalized spacial score (nSPS) is 12.9. The summed E-state index contributed by atoms with van der Waals surface area (Å²) in [5.74, 6) is 0.692. The van der Waals surface area contributed by atoms with Crippen LogP contribution >= 0.6 is 0 Å². The highest BCUT2D eigenvalue weighted by Gasteiger charge is 2.20. The number of aliphatic hydroxyl groups excluding tert-OH is 1. The lowest BCUT2D eigenvalue weighted by atomic mass is 10.1. The molecule has 0 amide bonds. The molecule has 15 heavy (non-hydrogen) atoms. The molecule has 0 bridgehead atoms. The van der Waals surface area contributed by atoms with Crippen molar-refractivity contribution in [1.29, 1.82) is 0 Å². The van der Waals surface area contributed by atoms with Gasteiger partial charge in [-0.05, 0) is 17.7 Å². The highest BCUT2D eigenvalue weighted by Crippen LogP contribution is 2.23. The standard InChI is InChI=1S/C11H16O4/c1-13-9-6-4-5-8(7-9)10(12)11(14-2)15-3/h4-7,10-12H,1-3H3. The van der Waals surface area contributed by atoms with Crippen LogP contribution in [0.25, 0.3) is 0 Å². The number of aliphatic hydroxyl groups is 1. The van der Waals surface area contributed by atoms with Crippen LogP contribution in [0.2, 0.25) is 0 Å². The summed E-state index contributed by atoms with van der Waals surface area (Å²) in [6.45, 7) is 0. The van der Waals surface area contributed by atoms with Gasteiger partial charge in [-0.2, -0.15) is 0 Å². The molecule has 1 rings (SSSR count). The summed E-state index contributed by atoms with van der Waals surface area (Å²) < 4.78 is 15.0. The van der Waals surface area contributed by atoms with Gasteiger partial charge in [0, 0.05) is 14.2 Å². The molecule has 0 aliphatic carbocycles. The first kappa shape index (κ1) is 12.0. The summed E-state index contributed by atoms with van der Waals surface area (Å²) in [6, 6.07) is 7.15. The Morgan fingerprint density at radius 3 is 2.33 bits per heavy atom. The van der Waals surface area contributed by atoms with E-state index in [1.54, 1.807) is 25.3 Å². The van der Waals surface area contributed by atoms with Crippen LogP contribution in [0.1, 0.15) is 11.7 Å². The minimum absolute atomic E-state index is 0.669. The van der Waals surface area contributed by atoms with Gasteiger partial charge >= 0.3 is 0 Å². The van der Waals surface area contributed by atoms with E-state index < -0.39 is 12.4 Å². The fourth-order valence-corrected chi connectivity index (χ4v) is 1.34. The van der Waals surface area contributed by atoms with Gasteiger partial charge in [0.1, 0.15) is 11.9 Å². The van der Waals surface area contributed by atoms with E-state index in [9.17, 15) is 5.11 Å². The summed E-state index contributed by atoms with van der Waals surface area (Å²) in [6.07, 6.45) is -1.49. The monoisotopic (exact) mass is 212 g/mol. The van der Waals surface area contributed by atoms with Crippen molar-refractivity contribution in [3.05, 3.63) is 29.8 Å². The van der Waals surface area contributed by atoms with Crippen molar-refractivity contribution in [3.63, 3.8) is 0 Å². The minimum atomic E-state index is -0.824. The zero-order valence-corrected chi connectivity index (χ0v) is 9.14. The lowest BCUT2D eigenvalue weighted by Crippen LogP contribution is -2.22. The molecule has 1 N–H and O–H groups in total. The highest BCUT2D eigenvalue weighted by molar-refractivity contribution is 5.30. The van der Waals surface area contributed by atoms with E-state index in [2.05, 4.69) is 0 Å². The molecule has 0 aliphatic rings. The molecule has 0 fully saturated rings. The van der Waals surface area contributed by atoms with Crippen LogP contribution in [0, 0.1) is 0 Å². The average Bonchev–Trinajstić information content (AvgIpc) is 2.30. The smallest absolute Gasteiger partial charge is 0.187 e. The lowest BCUT2D eigenvalue weighted by molar-refractivity contribution is -0.166. The molecule has 84 valence electrons. The van der Waals surface area contributed by atoms with Gasteiger partial charge in [-0.3, -0.25) is 0 Å². The summed E-state index contributed by atoms with van der Waals surface area (Å²) in [4.78, 5) is 0. The number of rotatable bonds is 5. The predicted molar refractivity (Wildman–Crippen MR) is 55.8 cm³/mol. The molecule has 0 heterocycles. The maximum Gasteiger partial charge on any atom is 0.187 e. The van der Waals surface area contributed by atoms with Crippen LogP contribution in [0.15, 0.2) is 24.3 Å². The Kier molecular flexibility index (Phi) is 4.55. The molecule has 0 saturated heterocycles. The first-order chi connectivity index (χ1) is 7.22. The molecule has 1 aromatic carbocycles. The van der Waals surface area contributed by atoms with Crippen molar-refractivity contribution in [1.82, 2.24) is 0 Å². The largest absolute Gasteiger partial charge is 0.497 e. The van der Waals surface area contributed by atoms with Crippen LogP contribution in [-0.4, -0.2) is 32.7 Å². The van der Waals surface area contributed by atoms with E-state index in [1.807, 2.05) is 6.07 Å². The van der Waals surface area contributed by atoms with E-state index in [1.165, 1.54) is 14.2 Å². The second kappa shape index (κ2) is 5.70. The highest BCUT2D eigenvalue weighted by atomic mass is 16.7. The fraction of sp³-hybridized carbons (Fsp3) is 0.455. The Balaban J connectivity index is 2.84. The number of ether oxygens (including phenoxy) is 3. The molecule has 4 heteroatoms. The van der Waals surface area contributed by atoms with Gasteiger partial charge in [0.2, 0.25) is 0 Å². The molecular weight excluding hydrogens is 196 g/mol. The Bertz CT molecular complexity index is 296. The van der Waals surface area contributed by atoms with E-state index in [4.69, 9.17) is 14.2 Å². The zero-order chi connectivity index (χ0) is 11.3. The van der Waals surface area contributed by atoms with Crippen LogP contribution < -0.4 is 4.74 Å². The third-order valence-electron chi connectivity index (χ3n) is 2.16. The van der Waals surface area contributed by atoms with Gasteiger partial charge < -0.3 is 19.3 Å². The Labute approximate surface area is 89.4 Å². The molecule has 0 spiro atoms. The van der Waals surface area contributed by atoms with Crippen LogP contribution in [0.5, 0.6) is 5.75 Å². The fourth-order valence-electron chi connectivity index (χ4n) is 1.34.